The highest BCUT2D eigenvalue weighted by Gasteiger charge is 2.25. The van der Waals surface area contributed by atoms with E-state index >= 15 is 0 Å². The van der Waals surface area contributed by atoms with E-state index in [0.717, 1.165) is 6.17 Å². The van der Waals surface area contributed by atoms with Crippen molar-refractivity contribution in [3.8, 4) is 0 Å². The van der Waals surface area contributed by atoms with E-state index in [1.165, 1.54) is 5.19 Å². The molecule has 2 aromatic rings. The molecule has 0 spiro atoms. The molecule has 1 heterocycles. The van der Waals surface area contributed by atoms with E-state index in [1.54, 1.807) is 18.7 Å². The highest BCUT2D eigenvalue weighted by atomic mass is 35.5. The van der Waals surface area contributed by atoms with Gasteiger partial charge in [0.2, 0.25) is 0 Å². The first kappa shape index (κ1) is 12.6. The number of rotatable bonds is 3. The lowest BCUT2D eigenvalue weighted by Gasteiger charge is -2.23. The van der Waals surface area contributed by atoms with Crippen molar-refractivity contribution in [1.29, 1.82) is 0 Å². The zero-order valence-electron chi connectivity index (χ0n) is 9.69. The third kappa shape index (κ3) is 3.09. The lowest BCUT2D eigenvalue weighted by Crippen LogP contribution is -2.46. The monoisotopic (exact) mass is 285 g/mol. The zero-order valence-corrected chi connectivity index (χ0v) is 12.2. The maximum absolute atomic E-state index is 6.04. The van der Waals surface area contributed by atoms with Crippen molar-refractivity contribution >= 4 is 36.5 Å². The van der Waals surface area contributed by atoms with E-state index in [9.17, 15) is 0 Å². The Morgan fingerprint density at radius 2 is 1.82 bits per heavy atom. The highest BCUT2D eigenvalue weighted by Crippen LogP contribution is 2.17. The van der Waals surface area contributed by atoms with Gasteiger partial charge < -0.3 is 0 Å². The summed E-state index contributed by atoms with van der Waals surface area (Å²) in [5, 5.41) is 6.75. The summed E-state index contributed by atoms with van der Waals surface area (Å²) in [7, 11) is -1.66. The molecule has 1 aromatic carbocycles. The van der Waals surface area contributed by atoms with Crippen molar-refractivity contribution in [1.82, 2.24) is 14.8 Å². The van der Waals surface area contributed by atoms with Crippen LogP contribution in [0, 0.1) is 0 Å². The first-order valence-corrected chi connectivity index (χ1v) is 9.23. The molecule has 0 unspecified atom stereocenters. The first-order valence-electron chi connectivity index (χ1n) is 5.26. The number of halogens is 2. The van der Waals surface area contributed by atoms with Crippen molar-refractivity contribution in [3.63, 3.8) is 0 Å². The summed E-state index contributed by atoms with van der Waals surface area (Å²) in [6.07, 6.45) is 4.15. The number of nitrogens with zero attached hydrogens (tertiary/aromatic N) is 3. The number of aromatic nitrogens is 3. The molecule has 0 fully saturated rings. The van der Waals surface area contributed by atoms with Crippen LogP contribution in [-0.2, 0) is 6.17 Å². The molecule has 3 nitrogen and oxygen atoms in total. The van der Waals surface area contributed by atoms with Crippen LogP contribution in [0.2, 0.25) is 23.1 Å². The molecule has 0 saturated carbocycles. The van der Waals surface area contributed by atoms with Crippen LogP contribution in [0.15, 0.2) is 30.9 Å². The van der Waals surface area contributed by atoms with Gasteiger partial charge in [-0.25, -0.2) is 4.98 Å². The third-order valence-corrected chi connectivity index (χ3v) is 6.07. The van der Waals surface area contributed by atoms with Crippen molar-refractivity contribution in [2.75, 3.05) is 0 Å². The number of hydrogen-bond acceptors (Lipinski definition) is 2. The molecule has 0 saturated heterocycles. The lowest BCUT2D eigenvalue weighted by molar-refractivity contribution is 0.725. The summed E-state index contributed by atoms with van der Waals surface area (Å²) >= 11 is 12.1. The van der Waals surface area contributed by atoms with Crippen LogP contribution in [0.3, 0.4) is 0 Å². The Morgan fingerprint density at radius 1 is 1.18 bits per heavy atom. The summed E-state index contributed by atoms with van der Waals surface area (Å²) in [5.74, 6) is 0. The first-order chi connectivity index (χ1) is 7.97. The van der Waals surface area contributed by atoms with Crippen LogP contribution in [-0.4, -0.2) is 22.8 Å². The Labute approximate surface area is 111 Å². The van der Waals surface area contributed by atoms with Gasteiger partial charge in [-0.2, -0.15) is 5.10 Å². The summed E-state index contributed by atoms with van der Waals surface area (Å²) < 4.78 is 1.86. The molecule has 2 rings (SSSR count). The Kier molecular flexibility index (Phi) is 3.56. The lowest BCUT2D eigenvalue weighted by atomic mass is 10.4. The summed E-state index contributed by atoms with van der Waals surface area (Å²) in [4.78, 5) is 3.96. The summed E-state index contributed by atoms with van der Waals surface area (Å²) in [6, 6.07) is 5.75. The summed E-state index contributed by atoms with van der Waals surface area (Å²) in [6.45, 7) is 4.52. The largest absolute Gasteiger partial charge is 0.256 e. The molecule has 0 aliphatic rings. The molecule has 6 heteroatoms. The van der Waals surface area contributed by atoms with E-state index in [2.05, 4.69) is 23.2 Å². The van der Waals surface area contributed by atoms with E-state index in [-0.39, 0.29) is 0 Å². The second-order valence-electron chi connectivity index (χ2n) is 4.64. The smallest absolute Gasteiger partial charge is 0.137 e. The standard InChI is InChI=1S/C11H13Cl2N3Si/c1-17(2,8-16-7-14-6-15-16)11-4-9(12)3-10(13)5-11/h3-7H,8H2,1-2H3. The fourth-order valence-electron chi connectivity index (χ4n) is 1.76. The van der Waals surface area contributed by atoms with Gasteiger partial charge in [-0.05, 0) is 18.2 Å². The van der Waals surface area contributed by atoms with E-state index in [1.807, 2.05) is 16.8 Å². The quantitative estimate of drug-likeness (QED) is 0.812. The SMILES string of the molecule is C[Si](C)(Cn1cncn1)c1cc(Cl)cc(Cl)c1. The van der Waals surface area contributed by atoms with Crippen LogP contribution in [0.5, 0.6) is 0 Å². The second kappa shape index (κ2) is 4.80. The average Bonchev–Trinajstić information content (AvgIpc) is 2.68. The topological polar surface area (TPSA) is 30.7 Å². The van der Waals surface area contributed by atoms with Crippen LogP contribution in [0.4, 0.5) is 0 Å². The van der Waals surface area contributed by atoms with E-state index in [4.69, 9.17) is 23.2 Å². The molecule has 0 bridgehead atoms. The van der Waals surface area contributed by atoms with Gasteiger partial charge in [0.25, 0.3) is 0 Å². The third-order valence-electron chi connectivity index (χ3n) is 2.67. The zero-order chi connectivity index (χ0) is 12.5. The molecule has 0 amide bonds. The van der Waals surface area contributed by atoms with E-state index in [0.29, 0.717) is 10.0 Å². The summed E-state index contributed by atoms with van der Waals surface area (Å²) in [5.41, 5.74) is 0. The van der Waals surface area contributed by atoms with Gasteiger partial charge in [0.15, 0.2) is 0 Å². The minimum absolute atomic E-state index is 0.687. The van der Waals surface area contributed by atoms with Gasteiger partial charge in [-0.1, -0.05) is 41.5 Å². The fraction of sp³-hybridized carbons (Fsp3) is 0.273. The molecule has 0 atom stereocenters. The van der Waals surface area contributed by atoms with E-state index < -0.39 is 8.07 Å². The van der Waals surface area contributed by atoms with Gasteiger partial charge in [0.05, 0.1) is 0 Å². The van der Waals surface area contributed by atoms with Gasteiger partial charge in [0, 0.05) is 16.2 Å². The van der Waals surface area contributed by atoms with Gasteiger partial charge in [-0.3, -0.25) is 4.68 Å². The molecule has 17 heavy (non-hydrogen) atoms. The second-order valence-corrected chi connectivity index (χ2v) is 10.2. The maximum atomic E-state index is 6.04. The minimum atomic E-state index is -1.66. The molecule has 90 valence electrons. The Hall–Kier alpha value is -0.843. The Balaban J connectivity index is 2.30. The van der Waals surface area contributed by atoms with Gasteiger partial charge >= 0.3 is 0 Å². The Morgan fingerprint density at radius 3 is 2.35 bits per heavy atom. The van der Waals surface area contributed by atoms with Crippen molar-refractivity contribution in [2.45, 2.75) is 19.3 Å². The fourth-order valence-corrected chi connectivity index (χ4v) is 4.71. The molecule has 1 aromatic heterocycles. The van der Waals surface area contributed by atoms with Crippen LogP contribution >= 0.6 is 23.2 Å². The molecular weight excluding hydrogens is 273 g/mol. The molecule has 0 aliphatic carbocycles. The highest BCUT2D eigenvalue weighted by molar-refractivity contribution is 6.89. The average molecular weight is 286 g/mol. The number of hydrogen-bond donors (Lipinski definition) is 0. The predicted molar refractivity (Wildman–Crippen MR) is 73.6 cm³/mol. The van der Waals surface area contributed by atoms with Crippen LogP contribution in [0.1, 0.15) is 0 Å². The van der Waals surface area contributed by atoms with Crippen molar-refractivity contribution in [3.05, 3.63) is 40.9 Å². The molecule has 0 radical (unpaired) electrons. The normalized spacial score (nSPS) is 11.8. The molecular formula is C11H13Cl2N3Si. The van der Waals surface area contributed by atoms with Crippen LogP contribution in [0.25, 0.3) is 0 Å². The minimum Gasteiger partial charge on any atom is -0.256 e. The van der Waals surface area contributed by atoms with Crippen LogP contribution < -0.4 is 5.19 Å². The molecule has 0 N–H and O–H groups in total. The number of benzene rings is 1. The predicted octanol–water partition coefficient (Wildman–Crippen LogP) is 2.74. The molecule has 0 aliphatic heterocycles. The Bertz CT molecular complexity index is 491. The van der Waals surface area contributed by atoms with Gasteiger partial charge in [-0.15, -0.1) is 0 Å². The van der Waals surface area contributed by atoms with Crippen molar-refractivity contribution < 1.29 is 0 Å². The maximum Gasteiger partial charge on any atom is 0.137 e. The van der Waals surface area contributed by atoms with Crippen molar-refractivity contribution in [2.24, 2.45) is 0 Å². The van der Waals surface area contributed by atoms with Gasteiger partial charge in [0.1, 0.15) is 20.7 Å².